The van der Waals surface area contributed by atoms with Crippen molar-refractivity contribution < 1.29 is 0 Å². The quantitative estimate of drug-likeness (QED) is 0.667. The second-order valence-corrected chi connectivity index (χ2v) is 5.05. The van der Waals surface area contributed by atoms with Gasteiger partial charge >= 0.3 is 0 Å². The van der Waals surface area contributed by atoms with E-state index in [1.165, 1.54) is 18.4 Å². The molecule has 1 N–H and O–H groups in total. The van der Waals surface area contributed by atoms with Crippen molar-refractivity contribution in [1.29, 1.82) is 0 Å². The first-order chi connectivity index (χ1) is 8.24. The lowest BCUT2D eigenvalue weighted by Gasteiger charge is -2.21. The van der Waals surface area contributed by atoms with Crippen LogP contribution in [0, 0.1) is 18.4 Å². The van der Waals surface area contributed by atoms with Crippen LogP contribution in [0.25, 0.3) is 0 Å². The normalized spacial score (nSPS) is 12.9. The van der Waals surface area contributed by atoms with Crippen LogP contribution in [0.5, 0.6) is 0 Å². The molecule has 0 saturated heterocycles. The molecule has 0 saturated carbocycles. The highest BCUT2D eigenvalue weighted by Crippen LogP contribution is 2.20. The summed E-state index contributed by atoms with van der Waals surface area (Å²) < 4.78 is 0. The Morgan fingerprint density at radius 2 is 1.88 bits per heavy atom. The maximum Gasteiger partial charge on any atom is 0.0218 e. The maximum atomic E-state index is 3.38. The van der Waals surface area contributed by atoms with E-state index in [0.29, 0.717) is 0 Å². The lowest BCUT2D eigenvalue weighted by Crippen LogP contribution is -2.20. The minimum Gasteiger partial charge on any atom is -0.312 e. The average molecular weight is 232 g/mol. The first-order valence-electron chi connectivity index (χ1n) is 6.83. The molecule has 0 spiro atoms. The minimum atomic E-state index is 0.749. The molecule has 0 aliphatic heterocycles. The first kappa shape index (κ1) is 14.2. The Balaban J connectivity index is 2.38. The van der Waals surface area contributed by atoms with Gasteiger partial charge in [-0.05, 0) is 43.2 Å². The topological polar surface area (TPSA) is 12.0 Å². The van der Waals surface area contributed by atoms with Gasteiger partial charge in [0.15, 0.2) is 0 Å². The molecule has 1 atom stereocenters. The van der Waals surface area contributed by atoms with Crippen LogP contribution in [0.4, 0.5) is 0 Å². The van der Waals surface area contributed by atoms with Gasteiger partial charge in [-0.15, -0.1) is 0 Å². The fourth-order valence-electron chi connectivity index (χ4n) is 2.10. The second kappa shape index (κ2) is 8.30. The van der Waals surface area contributed by atoms with Gasteiger partial charge in [0.25, 0.3) is 0 Å². The Labute approximate surface area is 107 Å². The summed E-state index contributed by atoms with van der Waals surface area (Å²) in [5, 5.41) is 3.38. The molecule has 0 aliphatic carbocycles. The zero-order chi connectivity index (χ0) is 12.5. The number of rotatable bonds is 8. The van der Waals surface area contributed by atoms with E-state index in [-0.39, 0.29) is 0 Å². The van der Waals surface area contributed by atoms with E-state index in [1.807, 2.05) is 0 Å². The third-order valence-electron chi connectivity index (χ3n) is 3.29. The summed E-state index contributed by atoms with van der Waals surface area (Å²) in [4.78, 5) is 0. The SMILES string of the molecule is CC[CH]NCCC(Cc1ccccc1)C(C)C. The second-order valence-electron chi connectivity index (χ2n) is 5.05. The Morgan fingerprint density at radius 1 is 1.18 bits per heavy atom. The van der Waals surface area contributed by atoms with Gasteiger partial charge in [0, 0.05) is 6.54 Å². The van der Waals surface area contributed by atoms with Gasteiger partial charge in [-0.25, -0.2) is 0 Å². The third-order valence-corrected chi connectivity index (χ3v) is 3.29. The zero-order valence-corrected chi connectivity index (χ0v) is 11.4. The van der Waals surface area contributed by atoms with Crippen molar-refractivity contribution in [2.45, 2.75) is 40.0 Å². The largest absolute Gasteiger partial charge is 0.312 e. The molecule has 1 heteroatoms. The molecule has 0 aliphatic rings. The first-order valence-corrected chi connectivity index (χ1v) is 6.83. The highest BCUT2D eigenvalue weighted by molar-refractivity contribution is 5.15. The number of hydrogen-bond donors (Lipinski definition) is 1. The number of hydrogen-bond acceptors (Lipinski definition) is 1. The van der Waals surface area contributed by atoms with E-state index >= 15 is 0 Å². The summed E-state index contributed by atoms with van der Waals surface area (Å²) in [6.07, 6.45) is 3.56. The smallest absolute Gasteiger partial charge is 0.0218 e. The highest BCUT2D eigenvalue weighted by Gasteiger charge is 2.13. The molecule has 0 aromatic heterocycles. The summed E-state index contributed by atoms with van der Waals surface area (Å²) in [5.41, 5.74) is 1.46. The molecule has 1 aromatic carbocycles. The van der Waals surface area contributed by atoms with Gasteiger partial charge in [-0.3, -0.25) is 0 Å². The van der Waals surface area contributed by atoms with E-state index in [4.69, 9.17) is 0 Å². The van der Waals surface area contributed by atoms with Crippen LogP contribution in [0.1, 0.15) is 39.2 Å². The van der Waals surface area contributed by atoms with Crippen molar-refractivity contribution in [3.05, 3.63) is 42.4 Å². The number of benzene rings is 1. The van der Waals surface area contributed by atoms with E-state index in [2.05, 4.69) is 63.0 Å². The summed E-state index contributed by atoms with van der Waals surface area (Å²) in [5.74, 6) is 1.52. The summed E-state index contributed by atoms with van der Waals surface area (Å²) >= 11 is 0. The molecule has 1 unspecified atom stereocenters. The van der Waals surface area contributed by atoms with Crippen molar-refractivity contribution in [1.82, 2.24) is 5.32 Å². The lowest BCUT2D eigenvalue weighted by atomic mass is 9.86. The van der Waals surface area contributed by atoms with E-state index in [1.54, 1.807) is 0 Å². The van der Waals surface area contributed by atoms with E-state index in [0.717, 1.165) is 24.8 Å². The molecule has 1 radical (unpaired) electrons. The molecule has 0 heterocycles. The molecule has 1 aromatic rings. The molecular formula is C16H26N. The zero-order valence-electron chi connectivity index (χ0n) is 11.4. The van der Waals surface area contributed by atoms with Gasteiger partial charge in [0.2, 0.25) is 0 Å². The summed E-state index contributed by atoms with van der Waals surface area (Å²) in [7, 11) is 0. The predicted molar refractivity (Wildman–Crippen MR) is 75.7 cm³/mol. The molecule has 0 bridgehead atoms. The fourth-order valence-corrected chi connectivity index (χ4v) is 2.10. The molecule has 1 rings (SSSR count). The van der Waals surface area contributed by atoms with Crippen LogP contribution < -0.4 is 5.32 Å². The van der Waals surface area contributed by atoms with Gasteiger partial charge < -0.3 is 5.32 Å². The molecule has 1 nitrogen and oxygen atoms in total. The van der Waals surface area contributed by atoms with Gasteiger partial charge in [-0.1, -0.05) is 51.1 Å². The summed E-state index contributed by atoms with van der Waals surface area (Å²) in [6, 6.07) is 10.8. The monoisotopic (exact) mass is 232 g/mol. The van der Waals surface area contributed by atoms with Crippen LogP contribution in [-0.4, -0.2) is 6.54 Å². The Kier molecular flexibility index (Phi) is 6.95. The minimum absolute atomic E-state index is 0.749. The Morgan fingerprint density at radius 3 is 2.47 bits per heavy atom. The Bertz CT molecular complexity index is 279. The van der Waals surface area contributed by atoms with Crippen molar-refractivity contribution in [3.63, 3.8) is 0 Å². The summed E-state index contributed by atoms with van der Waals surface area (Å²) in [6.45, 7) is 10.1. The molecular weight excluding hydrogens is 206 g/mol. The van der Waals surface area contributed by atoms with E-state index < -0.39 is 0 Å². The van der Waals surface area contributed by atoms with Crippen molar-refractivity contribution in [2.75, 3.05) is 6.54 Å². The van der Waals surface area contributed by atoms with E-state index in [9.17, 15) is 0 Å². The maximum absolute atomic E-state index is 3.38. The van der Waals surface area contributed by atoms with Crippen LogP contribution in [0.3, 0.4) is 0 Å². The van der Waals surface area contributed by atoms with Crippen LogP contribution in [0.15, 0.2) is 30.3 Å². The average Bonchev–Trinajstić information content (AvgIpc) is 2.34. The predicted octanol–water partition coefficient (Wildman–Crippen LogP) is 4.05. The van der Waals surface area contributed by atoms with Gasteiger partial charge in [0.1, 0.15) is 0 Å². The third kappa shape index (κ3) is 5.88. The molecule has 95 valence electrons. The Hall–Kier alpha value is -0.820. The van der Waals surface area contributed by atoms with Crippen LogP contribution in [-0.2, 0) is 6.42 Å². The van der Waals surface area contributed by atoms with Crippen molar-refractivity contribution in [3.8, 4) is 0 Å². The molecule has 0 fully saturated rings. The van der Waals surface area contributed by atoms with Crippen LogP contribution in [0.2, 0.25) is 0 Å². The number of nitrogens with one attached hydrogen (secondary N) is 1. The van der Waals surface area contributed by atoms with Crippen molar-refractivity contribution >= 4 is 0 Å². The van der Waals surface area contributed by atoms with Crippen LogP contribution >= 0.6 is 0 Å². The highest BCUT2D eigenvalue weighted by atomic mass is 14.8. The van der Waals surface area contributed by atoms with Gasteiger partial charge in [-0.2, -0.15) is 0 Å². The standard InChI is InChI=1S/C16H26N/c1-4-11-17-12-10-16(14(2)3)13-15-8-6-5-7-9-15/h5-9,11,14,16-17H,4,10,12-13H2,1-3H3. The lowest BCUT2D eigenvalue weighted by molar-refractivity contribution is 0.354. The van der Waals surface area contributed by atoms with Gasteiger partial charge in [0.05, 0.1) is 0 Å². The molecule has 17 heavy (non-hydrogen) atoms. The van der Waals surface area contributed by atoms with Crippen molar-refractivity contribution in [2.24, 2.45) is 11.8 Å². The fraction of sp³-hybridized carbons (Fsp3) is 0.562. The molecule has 0 amide bonds.